The van der Waals surface area contributed by atoms with Crippen LogP contribution in [0.25, 0.3) is 0 Å². The van der Waals surface area contributed by atoms with E-state index in [9.17, 15) is 9.59 Å². The van der Waals surface area contributed by atoms with Crippen molar-refractivity contribution in [3.05, 3.63) is 70.9 Å². The summed E-state index contributed by atoms with van der Waals surface area (Å²) < 4.78 is 4.96. The molecule has 2 aromatic heterocycles. The zero-order chi connectivity index (χ0) is 20.9. The van der Waals surface area contributed by atoms with Gasteiger partial charge >= 0.3 is 5.91 Å². The lowest BCUT2D eigenvalue weighted by molar-refractivity contribution is 0.0864. The van der Waals surface area contributed by atoms with Gasteiger partial charge in [-0.3, -0.25) is 14.6 Å². The summed E-state index contributed by atoms with van der Waals surface area (Å²) >= 11 is 5.78. The van der Waals surface area contributed by atoms with Crippen molar-refractivity contribution in [3.63, 3.8) is 0 Å². The van der Waals surface area contributed by atoms with Crippen LogP contribution in [0.15, 0.2) is 63.7 Å². The Morgan fingerprint density at radius 1 is 1.28 bits per heavy atom. The van der Waals surface area contributed by atoms with E-state index in [1.54, 1.807) is 31.2 Å². The van der Waals surface area contributed by atoms with Crippen molar-refractivity contribution in [2.24, 2.45) is 4.99 Å². The Kier molecular flexibility index (Phi) is 6.23. The van der Waals surface area contributed by atoms with E-state index in [-0.39, 0.29) is 11.8 Å². The van der Waals surface area contributed by atoms with Gasteiger partial charge in [0.05, 0.1) is 23.0 Å². The van der Waals surface area contributed by atoms with E-state index in [4.69, 9.17) is 16.0 Å². The monoisotopic (exact) mass is 413 g/mol. The number of allylic oxidation sites excluding steroid dienone is 3. The molecule has 0 radical (unpaired) electrons. The highest BCUT2D eigenvalue weighted by atomic mass is 35.5. The van der Waals surface area contributed by atoms with Crippen LogP contribution in [0, 0.1) is 0 Å². The minimum atomic E-state index is -0.609. The van der Waals surface area contributed by atoms with Gasteiger partial charge in [0.25, 0.3) is 11.8 Å². The van der Waals surface area contributed by atoms with E-state index in [1.807, 2.05) is 0 Å². The number of nitrogens with one attached hydrogen (secondary N) is 2. The first-order valence-electron chi connectivity index (χ1n) is 8.94. The molecule has 0 aliphatic heterocycles. The van der Waals surface area contributed by atoms with Crippen LogP contribution in [0.1, 0.15) is 47.2 Å². The minimum Gasteiger partial charge on any atom is -0.441 e. The molecule has 150 valence electrons. The summed E-state index contributed by atoms with van der Waals surface area (Å²) in [5, 5.41) is 6.03. The maximum Gasteiger partial charge on any atom is 0.311 e. The number of hydrogen-bond acceptors (Lipinski definition) is 6. The largest absolute Gasteiger partial charge is 0.441 e. The number of oxazole rings is 1. The third kappa shape index (κ3) is 4.78. The van der Waals surface area contributed by atoms with Gasteiger partial charge in [-0.15, -0.1) is 0 Å². The van der Waals surface area contributed by atoms with Crippen molar-refractivity contribution in [1.82, 2.24) is 20.6 Å². The Morgan fingerprint density at radius 2 is 2.07 bits per heavy atom. The standard InChI is InChI=1S/C20H20ClN5O3/c1-13(25-18(28)19-23-10-11-29-19)4-6-15(22-2)20(8-3-9-20)26-17(27)14-5-7-16(21)24-12-14/h4-7,10-12H,2-3,8-9H2,1H3,(H,25,28)(H,26,27)/b13-4+,15-6-. The second kappa shape index (κ2) is 8.83. The highest BCUT2D eigenvalue weighted by molar-refractivity contribution is 6.29. The summed E-state index contributed by atoms with van der Waals surface area (Å²) in [5.74, 6) is -0.739. The predicted molar refractivity (Wildman–Crippen MR) is 109 cm³/mol. The lowest BCUT2D eigenvalue weighted by Gasteiger charge is -2.42. The molecule has 2 heterocycles. The molecule has 0 saturated heterocycles. The van der Waals surface area contributed by atoms with E-state index in [2.05, 4.69) is 32.3 Å². The number of hydrogen-bond donors (Lipinski definition) is 2. The molecule has 1 aliphatic carbocycles. The predicted octanol–water partition coefficient (Wildman–Crippen LogP) is 3.29. The Morgan fingerprint density at radius 3 is 2.62 bits per heavy atom. The maximum absolute atomic E-state index is 12.6. The maximum atomic E-state index is 12.6. The topological polar surface area (TPSA) is 109 Å². The van der Waals surface area contributed by atoms with Crippen molar-refractivity contribution in [2.45, 2.75) is 31.7 Å². The van der Waals surface area contributed by atoms with Gasteiger partial charge in [0.1, 0.15) is 11.4 Å². The summed E-state index contributed by atoms with van der Waals surface area (Å²) in [6.45, 7) is 5.36. The number of aromatic nitrogens is 2. The molecule has 0 spiro atoms. The molecule has 0 aromatic carbocycles. The van der Waals surface area contributed by atoms with Crippen LogP contribution in [0.4, 0.5) is 0 Å². The Bertz CT molecular complexity index is 961. The van der Waals surface area contributed by atoms with Gasteiger partial charge in [-0.1, -0.05) is 11.6 Å². The molecule has 9 heteroatoms. The number of carbonyl (C=O) groups excluding carboxylic acids is 2. The molecule has 1 saturated carbocycles. The summed E-state index contributed by atoms with van der Waals surface area (Å²) in [5.41, 5.74) is 0.983. The molecular weight excluding hydrogens is 394 g/mol. The molecule has 1 fully saturated rings. The van der Waals surface area contributed by atoms with Crippen molar-refractivity contribution >= 4 is 30.1 Å². The minimum absolute atomic E-state index is 0.0249. The van der Waals surface area contributed by atoms with Gasteiger partial charge in [-0.05, 0) is 57.2 Å². The van der Waals surface area contributed by atoms with Crippen LogP contribution >= 0.6 is 11.6 Å². The van der Waals surface area contributed by atoms with E-state index in [1.165, 1.54) is 18.7 Å². The molecule has 0 atom stereocenters. The first-order valence-corrected chi connectivity index (χ1v) is 9.32. The van der Waals surface area contributed by atoms with Crippen LogP contribution in [0.2, 0.25) is 5.15 Å². The first-order chi connectivity index (χ1) is 13.9. The SMILES string of the molecule is C=N/C(=C\C=C(/C)NC(=O)c1ncco1)C1(NC(=O)c2ccc(Cl)nc2)CCC1. The van der Waals surface area contributed by atoms with Crippen LogP contribution in [0.5, 0.6) is 0 Å². The molecule has 8 nitrogen and oxygen atoms in total. The summed E-state index contributed by atoms with van der Waals surface area (Å²) in [6, 6.07) is 3.18. The summed E-state index contributed by atoms with van der Waals surface area (Å²) in [4.78, 5) is 36.5. The fourth-order valence-electron chi connectivity index (χ4n) is 2.95. The molecule has 0 unspecified atom stereocenters. The van der Waals surface area contributed by atoms with E-state index in [0.29, 0.717) is 22.1 Å². The van der Waals surface area contributed by atoms with Gasteiger partial charge < -0.3 is 15.1 Å². The lowest BCUT2D eigenvalue weighted by Crippen LogP contribution is -2.54. The van der Waals surface area contributed by atoms with Gasteiger partial charge in [0.2, 0.25) is 0 Å². The lowest BCUT2D eigenvalue weighted by atomic mass is 9.74. The third-order valence-corrected chi connectivity index (χ3v) is 4.86. The van der Waals surface area contributed by atoms with Crippen molar-refractivity contribution < 1.29 is 14.0 Å². The van der Waals surface area contributed by atoms with Gasteiger partial charge in [-0.2, -0.15) is 0 Å². The van der Waals surface area contributed by atoms with E-state index in [0.717, 1.165) is 19.3 Å². The van der Waals surface area contributed by atoms with Crippen LogP contribution in [-0.2, 0) is 0 Å². The molecule has 1 aliphatic rings. The number of aliphatic imine (C=N–C) groups is 1. The molecule has 0 bridgehead atoms. The van der Waals surface area contributed by atoms with Crippen LogP contribution < -0.4 is 10.6 Å². The number of carbonyl (C=O) groups is 2. The van der Waals surface area contributed by atoms with E-state index < -0.39 is 11.4 Å². The van der Waals surface area contributed by atoms with Crippen LogP contribution in [0.3, 0.4) is 0 Å². The second-order valence-electron chi connectivity index (χ2n) is 6.61. The third-order valence-electron chi connectivity index (χ3n) is 4.64. The van der Waals surface area contributed by atoms with Crippen molar-refractivity contribution in [2.75, 3.05) is 0 Å². The molecule has 29 heavy (non-hydrogen) atoms. The number of nitrogens with zero attached hydrogens (tertiary/aromatic N) is 3. The average Bonchev–Trinajstić information content (AvgIpc) is 3.21. The number of rotatable bonds is 7. The van der Waals surface area contributed by atoms with Gasteiger partial charge in [-0.25, -0.2) is 9.97 Å². The molecule has 2 amide bonds. The number of amides is 2. The molecular formula is C20H20ClN5O3. The number of halogens is 1. The average molecular weight is 414 g/mol. The fourth-order valence-corrected chi connectivity index (χ4v) is 3.06. The summed E-state index contributed by atoms with van der Waals surface area (Å²) in [6.07, 6.45) is 10.0. The fraction of sp³-hybridized carbons (Fsp3) is 0.250. The zero-order valence-corrected chi connectivity index (χ0v) is 16.6. The molecule has 2 aromatic rings. The van der Waals surface area contributed by atoms with Crippen LogP contribution in [-0.4, -0.2) is 34.0 Å². The van der Waals surface area contributed by atoms with Gasteiger partial charge in [0.15, 0.2) is 0 Å². The quantitative estimate of drug-likeness (QED) is 0.411. The Balaban J connectivity index is 1.73. The van der Waals surface area contributed by atoms with Gasteiger partial charge in [0, 0.05) is 11.9 Å². The molecule has 3 rings (SSSR count). The highest BCUT2D eigenvalue weighted by Crippen LogP contribution is 2.39. The summed E-state index contributed by atoms with van der Waals surface area (Å²) in [7, 11) is 0. The molecule has 2 N–H and O–H groups in total. The van der Waals surface area contributed by atoms with E-state index >= 15 is 0 Å². The number of pyridine rings is 1. The Hall–Kier alpha value is -3.26. The smallest absolute Gasteiger partial charge is 0.311 e. The zero-order valence-electron chi connectivity index (χ0n) is 15.8. The first kappa shape index (κ1) is 20.5. The highest BCUT2D eigenvalue weighted by Gasteiger charge is 2.42. The second-order valence-corrected chi connectivity index (χ2v) is 7.00. The van der Waals surface area contributed by atoms with Crippen molar-refractivity contribution in [1.29, 1.82) is 0 Å². The normalized spacial score (nSPS) is 15.9. The van der Waals surface area contributed by atoms with Crippen molar-refractivity contribution in [3.8, 4) is 0 Å². The Labute approximate surface area is 172 Å².